The SMILES string of the molecule is C=CC(=O)Cc1cc(CN2CCN(C)CC2)ccc1Nc1cc2cnc(-c3c(F)c(OC)cc(OC)c3F)cc2cn1. The number of hydrogen-bond acceptors (Lipinski definition) is 8. The van der Waals surface area contributed by atoms with Gasteiger partial charge in [-0.2, -0.15) is 0 Å². The summed E-state index contributed by atoms with van der Waals surface area (Å²) >= 11 is 0. The molecule has 0 atom stereocenters. The Hall–Kier alpha value is -4.41. The Kier molecular flexibility index (Phi) is 8.75. The van der Waals surface area contributed by atoms with E-state index in [2.05, 4.69) is 50.8 Å². The predicted octanol–water partition coefficient (Wildman–Crippen LogP) is 5.38. The minimum absolute atomic E-state index is 0.0772. The molecule has 3 heterocycles. The topological polar surface area (TPSA) is 79.8 Å². The second-order valence-electron chi connectivity index (χ2n) is 10.3. The monoisotopic (exact) mass is 573 g/mol. The maximum atomic E-state index is 15.1. The number of anilines is 2. The van der Waals surface area contributed by atoms with Crippen LogP contribution in [0.3, 0.4) is 0 Å². The van der Waals surface area contributed by atoms with E-state index in [0.29, 0.717) is 16.6 Å². The van der Waals surface area contributed by atoms with Crippen LogP contribution in [0.25, 0.3) is 22.0 Å². The van der Waals surface area contributed by atoms with Crippen LogP contribution in [0.5, 0.6) is 11.5 Å². The van der Waals surface area contributed by atoms with Crippen molar-refractivity contribution in [3.8, 4) is 22.8 Å². The number of carbonyl (C=O) groups excluding carboxylic acids is 1. The number of ketones is 1. The summed E-state index contributed by atoms with van der Waals surface area (Å²) in [5, 5.41) is 4.67. The Labute approximate surface area is 243 Å². The van der Waals surface area contributed by atoms with Crippen molar-refractivity contribution >= 4 is 28.1 Å². The lowest BCUT2D eigenvalue weighted by Crippen LogP contribution is -2.43. The van der Waals surface area contributed by atoms with E-state index in [1.165, 1.54) is 26.5 Å². The third-order valence-corrected chi connectivity index (χ3v) is 7.46. The van der Waals surface area contributed by atoms with E-state index >= 15 is 8.78 Å². The highest BCUT2D eigenvalue weighted by atomic mass is 19.1. The number of fused-ring (bicyclic) bond motifs is 1. The van der Waals surface area contributed by atoms with Gasteiger partial charge in [0, 0.05) is 74.1 Å². The van der Waals surface area contributed by atoms with E-state index < -0.39 is 11.6 Å². The van der Waals surface area contributed by atoms with Crippen molar-refractivity contribution in [3.63, 3.8) is 0 Å². The van der Waals surface area contributed by atoms with E-state index in [-0.39, 0.29) is 35.0 Å². The van der Waals surface area contributed by atoms with Gasteiger partial charge in [0.15, 0.2) is 28.9 Å². The van der Waals surface area contributed by atoms with Crippen LogP contribution in [0.1, 0.15) is 11.1 Å². The van der Waals surface area contributed by atoms with Crippen LogP contribution >= 0.6 is 0 Å². The standard InChI is InChI=1S/C32H33F2N5O3/c1-5-24(40)13-21-12-20(19-39-10-8-38(2)9-11-39)6-7-25(21)37-29-15-23-17-35-26(14-22(23)18-36-29)30-31(33)27(41-3)16-28(42-4)32(30)34/h5-7,12,14-18H,1,8-11,13,19H2,2-4H3,(H,36,37). The zero-order valence-corrected chi connectivity index (χ0v) is 23.9. The van der Waals surface area contributed by atoms with E-state index in [1.54, 1.807) is 18.3 Å². The Morgan fingerprint density at radius 2 is 1.64 bits per heavy atom. The van der Waals surface area contributed by atoms with Gasteiger partial charge < -0.3 is 19.7 Å². The highest BCUT2D eigenvalue weighted by molar-refractivity contribution is 5.92. The first-order valence-electron chi connectivity index (χ1n) is 13.6. The zero-order chi connectivity index (χ0) is 29.8. The molecule has 0 spiro atoms. The molecule has 218 valence electrons. The van der Waals surface area contributed by atoms with Gasteiger partial charge in [0.1, 0.15) is 5.82 Å². The molecule has 0 aliphatic carbocycles. The van der Waals surface area contributed by atoms with Crippen LogP contribution in [0.15, 0.2) is 61.4 Å². The van der Waals surface area contributed by atoms with Crippen molar-refractivity contribution in [2.24, 2.45) is 0 Å². The Bertz CT molecular complexity index is 1610. The first-order valence-corrected chi connectivity index (χ1v) is 13.6. The molecule has 2 aromatic heterocycles. The number of likely N-dealkylation sites (N-methyl/N-ethyl adjacent to an activating group) is 1. The molecule has 0 saturated carbocycles. The lowest BCUT2D eigenvalue weighted by atomic mass is 10.0. The summed E-state index contributed by atoms with van der Waals surface area (Å²) in [6, 6.07) is 10.6. The molecule has 0 bridgehead atoms. The first kappa shape index (κ1) is 29.1. The number of halogens is 2. The average Bonchev–Trinajstić information content (AvgIpc) is 2.99. The number of hydrogen-bond donors (Lipinski definition) is 1. The van der Waals surface area contributed by atoms with Gasteiger partial charge in [0.2, 0.25) is 0 Å². The van der Waals surface area contributed by atoms with Gasteiger partial charge in [-0.3, -0.25) is 14.7 Å². The molecule has 1 fully saturated rings. The highest BCUT2D eigenvalue weighted by Gasteiger charge is 2.23. The second kappa shape index (κ2) is 12.6. The van der Waals surface area contributed by atoms with Crippen molar-refractivity contribution in [2.45, 2.75) is 13.0 Å². The summed E-state index contributed by atoms with van der Waals surface area (Å²) < 4.78 is 40.2. The number of allylic oxidation sites excluding steroid dienone is 1. The molecule has 10 heteroatoms. The minimum Gasteiger partial charge on any atom is -0.494 e. The van der Waals surface area contributed by atoms with Crippen LogP contribution in [-0.2, 0) is 17.8 Å². The number of nitrogens with one attached hydrogen (secondary N) is 1. The number of benzene rings is 2. The lowest BCUT2D eigenvalue weighted by molar-refractivity contribution is -0.114. The Balaban J connectivity index is 1.42. The molecule has 0 radical (unpaired) electrons. The minimum atomic E-state index is -0.869. The summed E-state index contributed by atoms with van der Waals surface area (Å²) in [6.07, 6.45) is 4.68. The number of nitrogens with zero attached hydrogens (tertiary/aromatic N) is 4. The number of rotatable bonds is 10. The van der Waals surface area contributed by atoms with Crippen LogP contribution in [-0.4, -0.2) is 73.0 Å². The molecular formula is C32H33F2N5O3. The van der Waals surface area contributed by atoms with E-state index in [0.717, 1.165) is 55.6 Å². The molecule has 0 unspecified atom stereocenters. The van der Waals surface area contributed by atoms with E-state index in [9.17, 15) is 4.79 Å². The number of pyridine rings is 2. The Morgan fingerprint density at radius 1 is 0.976 bits per heavy atom. The number of ether oxygens (including phenoxy) is 2. The van der Waals surface area contributed by atoms with E-state index in [4.69, 9.17) is 9.47 Å². The van der Waals surface area contributed by atoms with Crippen molar-refractivity contribution in [2.75, 3.05) is 52.8 Å². The Morgan fingerprint density at radius 3 is 2.31 bits per heavy atom. The molecule has 8 nitrogen and oxygen atoms in total. The molecule has 42 heavy (non-hydrogen) atoms. The third-order valence-electron chi connectivity index (χ3n) is 7.46. The number of aromatic nitrogens is 2. The van der Waals surface area contributed by atoms with Gasteiger partial charge in [0.25, 0.3) is 0 Å². The molecule has 1 aliphatic rings. The fraction of sp³-hybridized carbons (Fsp3) is 0.281. The van der Waals surface area contributed by atoms with E-state index in [1.807, 2.05) is 6.07 Å². The molecule has 1 aliphatic heterocycles. The highest BCUT2D eigenvalue weighted by Crippen LogP contribution is 2.37. The summed E-state index contributed by atoms with van der Waals surface area (Å²) in [4.78, 5) is 25.9. The number of methoxy groups -OCH3 is 2. The average molecular weight is 574 g/mol. The number of piperazine rings is 1. The molecule has 0 amide bonds. The fourth-order valence-corrected chi connectivity index (χ4v) is 5.03. The summed E-state index contributed by atoms with van der Waals surface area (Å²) in [6.45, 7) is 8.49. The van der Waals surface area contributed by atoms with Crippen molar-refractivity contribution < 1.29 is 23.0 Å². The normalized spacial score (nSPS) is 14.1. The van der Waals surface area contributed by atoms with Crippen LogP contribution in [0, 0.1) is 11.6 Å². The fourth-order valence-electron chi connectivity index (χ4n) is 5.03. The van der Waals surface area contributed by atoms with Crippen LogP contribution < -0.4 is 14.8 Å². The zero-order valence-electron chi connectivity index (χ0n) is 23.9. The summed E-state index contributed by atoms with van der Waals surface area (Å²) in [5.74, 6) is -1.58. The van der Waals surface area contributed by atoms with Crippen LogP contribution in [0.2, 0.25) is 0 Å². The van der Waals surface area contributed by atoms with Crippen molar-refractivity contribution in [1.82, 2.24) is 19.8 Å². The molecule has 4 aromatic rings. The molecule has 1 saturated heterocycles. The smallest absolute Gasteiger partial charge is 0.177 e. The predicted molar refractivity (Wildman–Crippen MR) is 159 cm³/mol. The van der Waals surface area contributed by atoms with Gasteiger partial charge >= 0.3 is 0 Å². The lowest BCUT2D eigenvalue weighted by Gasteiger charge is -2.32. The first-order chi connectivity index (χ1) is 20.3. The van der Waals surface area contributed by atoms with Gasteiger partial charge in [-0.15, -0.1) is 0 Å². The molecule has 5 rings (SSSR count). The van der Waals surface area contributed by atoms with Crippen molar-refractivity contribution in [1.29, 1.82) is 0 Å². The molecule has 2 aromatic carbocycles. The summed E-state index contributed by atoms with van der Waals surface area (Å²) in [5.41, 5.74) is 2.48. The van der Waals surface area contributed by atoms with Gasteiger partial charge in [-0.25, -0.2) is 13.8 Å². The largest absolute Gasteiger partial charge is 0.494 e. The van der Waals surface area contributed by atoms with Crippen LogP contribution in [0.4, 0.5) is 20.3 Å². The quantitative estimate of drug-likeness (QED) is 0.254. The maximum absolute atomic E-state index is 15.1. The summed E-state index contributed by atoms with van der Waals surface area (Å²) in [7, 11) is 4.72. The maximum Gasteiger partial charge on any atom is 0.177 e. The van der Waals surface area contributed by atoms with Gasteiger partial charge in [0.05, 0.1) is 25.5 Å². The van der Waals surface area contributed by atoms with Gasteiger partial charge in [-0.1, -0.05) is 18.7 Å². The number of carbonyl (C=O) groups is 1. The molecule has 1 N–H and O–H groups in total. The van der Waals surface area contributed by atoms with Crippen molar-refractivity contribution in [3.05, 3.63) is 84.2 Å². The van der Waals surface area contributed by atoms with Gasteiger partial charge in [-0.05, 0) is 42.4 Å². The third kappa shape index (κ3) is 6.24. The second-order valence-corrected chi connectivity index (χ2v) is 10.3. The molecular weight excluding hydrogens is 540 g/mol.